The summed E-state index contributed by atoms with van der Waals surface area (Å²) in [6, 6.07) is 8.91. The number of pyridine rings is 1. The van der Waals surface area contributed by atoms with Crippen molar-refractivity contribution in [2.75, 3.05) is 11.1 Å². The third kappa shape index (κ3) is 2.62. The highest BCUT2D eigenvalue weighted by Crippen LogP contribution is 2.33. The molecule has 17 heavy (non-hydrogen) atoms. The number of aromatic nitrogens is 1. The number of hydrogen-bond acceptors (Lipinski definition) is 3. The third-order valence-electron chi connectivity index (χ3n) is 2.27. The minimum absolute atomic E-state index is 0.528. The first kappa shape index (κ1) is 12.0. The van der Waals surface area contributed by atoms with Gasteiger partial charge in [0.1, 0.15) is 0 Å². The summed E-state index contributed by atoms with van der Waals surface area (Å²) >= 11 is 12.1. The van der Waals surface area contributed by atoms with Gasteiger partial charge in [-0.15, -0.1) is 0 Å². The van der Waals surface area contributed by atoms with Gasteiger partial charge in [-0.05, 0) is 31.2 Å². The fraction of sp³-hybridized carbons (Fsp3) is 0.0833. The summed E-state index contributed by atoms with van der Waals surface area (Å²) in [5, 5.41) is 4.11. The Labute approximate surface area is 110 Å². The van der Waals surface area contributed by atoms with Crippen molar-refractivity contribution in [1.29, 1.82) is 0 Å². The Morgan fingerprint density at radius 3 is 2.41 bits per heavy atom. The van der Waals surface area contributed by atoms with E-state index in [1.165, 1.54) is 0 Å². The molecule has 0 aliphatic rings. The van der Waals surface area contributed by atoms with Crippen LogP contribution in [0.25, 0.3) is 0 Å². The molecule has 0 saturated carbocycles. The van der Waals surface area contributed by atoms with Gasteiger partial charge in [0, 0.05) is 5.69 Å². The lowest BCUT2D eigenvalue weighted by molar-refractivity contribution is 1.20. The van der Waals surface area contributed by atoms with Crippen LogP contribution < -0.4 is 11.1 Å². The summed E-state index contributed by atoms with van der Waals surface area (Å²) in [5.74, 6) is 0.556. The smallest absolute Gasteiger partial charge is 0.153 e. The predicted molar refractivity (Wildman–Crippen MR) is 73.1 cm³/mol. The van der Waals surface area contributed by atoms with E-state index in [9.17, 15) is 0 Å². The van der Waals surface area contributed by atoms with Gasteiger partial charge < -0.3 is 11.1 Å². The molecule has 0 saturated heterocycles. The lowest BCUT2D eigenvalue weighted by Crippen LogP contribution is -2.01. The normalized spacial score (nSPS) is 10.3. The standard InChI is InChI=1S/C12H11Cl2N3/c1-7-5-6-10(15)12(16-7)17-11-8(13)3-2-4-9(11)14/h2-6H,15H2,1H3,(H,16,17). The second-order valence-electron chi connectivity index (χ2n) is 3.61. The summed E-state index contributed by atoms with van der Waals surface area (Å²) < 4.78 is 0. The molecule has 1 heterocycles. The number of nitrogen functional groups attached to an aromatic ring is 1. The molecule has 3 N–H and O–H groups in total. The van der Waals surface area contributed by atoms with E-state index >= 15 is 0 Å². The maximum atomic E-state index is 6.06. The molecule has 0 aliphatic heterocycles. The fourth-order valence-electron chi connectivity index (χ4n) is 1.40. The number of rotatable bonds is 2. The quantitative estimate of drug-likeness (QED) is 0.864. The highest BCUT2D eigenvalue weighted by Gasteiger charge is 2.08. The Morgan fingerprint density at radius 1 is 1.12 bits per heavy atom. The zero-order valence-corrected chi connectivity index (χ0v) is 10.7. The monoisotopic (exact) mass is 267 g/mol. The van der Waals surface area contributed by atoms with Crippen molar-refractivity contribution in [3.8, 4) is 0 Å². The van der Waals surface area contributed by atoms with Crippen molar-refractivity contribution in [1.82, 2.24) is 4.98 Å². The Morgan fingerprint density at radius 2 is 1.76 bits per heavy atom. The number of nitrogens with two attached hydrogens (primary N) is 1. The van der Waals surface area contributed by atoms with Crippen LogP contribution in [0.4, 0.5) is 17.2 Å². The zero-order valence-electron chi connectivity index (χ0n) is 9.17. The number of nitrogens with one attached hydrogen (secondary N) is 1. The van der Waals surface area contributed by atoms with Crippen molar-refractivity contribution in [2.24, 2.45) is 0 Å². The number of benzene rings is 1. The van der Waals surface area contributed by atoms with Gasteiger partial charge in [-0.1, -0.05) is 29.3 Å². The summed E-state index contributed by atoms with van der Waals surface area (Å²) in [7, 11) is 0. The van der Waals surface area contributed by atoms with Crippen molar-refractivity contribution in [2.45, 2.75) is 6.92 Å². The van der Waals surface area contributed by atoms with Gasteiger partial charge in [-0.3, -0.25) is 0 Å². The molecule has 3 nitrogen and oxygen atoms in total. The van der Waals surface area contributed by atoms with E-state index in [-0.39, 0.29) is 0 Å². The molecule has 5 heteroatoms. The number of halogens is 2. The number of anilines is 3. The number of hydrogen-bond donors (Lipinski definition) is 2. The van der Waals surface area contributed by atoms with Crippen molar-refractivity contribution < 1.29 is 0 Å². The fourth-order valence-corrected chi connectivity index (χ4v) is 1.90. The van der Waals surface area contributed by atoms with Gasteiger partial charge in [-0.2, -0.15) is 0 Å². The Balaban J connectivity index is 2.41. The maximum Gasteiger partial charge on any atom is 0.153 e. The second-order valence-corrected chi connectivity index (χ2v) is 4.43. The summed E-state index contributed by atoms with van der Waals surface area (Å²) in [6.07, 6.45) is 0. The molecule has 0 radical (unpaired) electrons. The van der Waals surface area contributed by atoms with Gasteiger partial charge >= 0.3 is 0 Å². The Hall–Kier alpha value is -1.45. The van der Waals surface area contributed by atoms with E-state index in [1.54, 1.807) is 24.3 Å². The topological polar surface area (TPSA) is 50.9 Å². The molecule has 0 spiro atoms. The second kappa shape index (κ2) is 4.82. The van der Waals surface area contributed by atoms with Crippen LogP contribution in [-0.4, -0.2) is 4.98 Å². The molecule has 0 aliphatic carbocycles. The largest absolute Gasteiger partial charge is 0.396 e. The Kier molecular flexibility index (Phi) is 3.41. The van der Waals surface area contributed by atoms with Crippen LogP contribution in [0.3, 0.4) is 0 Å². The maximum absolute atomic E-state index is 6.06. The first-order valence-corrected chi connectivity index (χ1v) is 5.77. The van der Waals surface area contributed by atoms with Crippen molar-refractivity contribution >= 4 is 40.4 Å². The van der Waals surface area contributed by atoms with Gasteiger partial charge in [0.05, 0.1) is 21.4 Å². The minimum atomic E-state index is 0.528. The molecule has 0 atom stereocenters. The van der Waals surface area contributed by atoms with Crippen LogP contribution >= 0.6 is 23.2 Å². The number of nitrogens with zero attached hydrogens (tertiary/aromatic N) is 1. The lowest BCUT2D eigenvalue weighted by atomic mass is 10.3. The van der Waals surface area contributed by atoms with E-state index in [0.717, 1.165) is 5.69 Å². The van der Waals surface area contributed by atoms with Crippen molar-refractivity contribution in [3.63, 3.8) is 0 Å². The van der Waals surface area contributed by atoms with Crippen LogP contribution in [0.2, 0.25) is 10.0 Å². The minimum Gasteiger partial charge on any atom is -0.396 e. The van der Waals surface area contributed by atoms with Gasteiger partial charge in [-0.25, -0.2) is 4.98 Å². The average Bonchev–Trinajstić information content (AvgIpc) is 2.28. The SMILES string of the molecule is Cc1ccc(N)c(Nc2c(Cl)cccc2Cl)n1. The molecular formula is C12H11Cl2N3. The van der Waals surface area contributed by atoms with Gasteiger partial charge in [0.25, 0.3) is 0 Å². The molecule has 1 aromatic carbocycles. The van der Waals surface area contributed by atoms with E-state index < -0.39 is 0 Å². The van der Waals surface area contributed by atoms with Crippen LogP contribution in [0.15, 0.2) is 30.3 Å². The average molecular weight is 268 g/mol. The summed E-state index contributed by atoms with van der Waals surface area (Å²) in [6.45, 7) is 1.89. The van der Waals surface area contributed by atoms with Crippen molar-refractivity contribution in [3.05, 3.63) is 46.1 Å². The number of para-hydroxylation sites is 1. The zero-order chi connectivity index (χ0) is 12.4. The van der Waals surface area contributed by atoms with Gasteiger partial charge in [0.15, 0.2) is 5.82 Å². The number of aryl methyl sites for hydroxylation is 1. The molecule has 2 rings (SSSR count). The predicted octanol–water partition coefficient (Wildman–Crippen LogP) is 4.02. The van der Waals surface area contributed by atoms with E-state index in [0.29, 0.717) is 27.2 Å². The highest BCUT2D eigenvalue weighted by molar-refractivity contribution is 6.39. The first-order chi connectivity index (χ1) is 8.08. The molecule has 1 aromatic heterocycles. The van der Waals surface area contributed by atoms with Gasteiger partial charge in [0.2, 0.25) is 0 Å². The molecule has 88 valence electrons. The molecule has 0 amide bonds. The van der Waals surface area contributed by atoms with Crippen LogP contribution in [-0.2, 0) is 0 Å². The summed E-state index contributed by atoms with van der Waals surface area (Å²) in [5.41, 5.74) is 7.85. The van der Waals surface area contributed by atoms with E-state index in [2.05, 4.69) is 10.3 Å². The highest BCUT2D eigenvalue weighted by atomic mass is 35.5. The molecule has 0 unspecified atom stereocenters. The van der Waals surface area contributed by atoms with Crippen LogP contribution in [0.1, 0.15) is 5.69 Å². The molecule has 0 bridgehead atoms. The first-order valence-electron chi connectivity index (χ1n) is 5.02. The summed E-state index contributed by atoms with van der Waals surface area (Å²) in [4.78, 5) is 4.30. The van der Waals surface area contributed by atoms with Crippen LogP contribution in [0, 0.1) is 6.92 Å². The molecule has 0 fully saturated rings. The Bertz CT molecular complexity index is 535. The molecule has 2 aromatic rings. The lowest BCUT2D eigenvalue weighted by Gasteiger charge is -2.11. The van der Waals surface area contributed by atoms with E-state index in [1.807, 2.05) is 13.0 Å². The van der Waals surface area contributed by atoms with E-state index in [4.69, 9.17) is 28.9 Å². The molecular weight excluding hydrogens is 257 g/mol. The van der Waals surface area contributed by atoms with Crippen LogP contribution in [0.5, 0.6) is 0 Å². The third-order valence-corrected chi connectivity index (χ3v) is 2.90.